The van der Waals surface area contributed by atoms with E-state index < -0.39 is 0 Å². The molecule has 16 heavy (non-hydrogen) atoms. The standard InChI is InChI=1S/C13H20N2S/c1-11(2)15(13(16)14(3)4)10-12-8-6-5-7-9-12/h5-9,11H,10H2,1-4H3. The highest BCUT2D eigenvalue weighted by Crippen LogP contribution is 2.10. The zero-order chi connectivity index (χ0) is 12.1. The highest BCUT2D eigenvalue weighted by molar-refractivity contribution is 7.80. The molecule has 0 N–H and O–H groups in total. The molecule has 1 aromatic rings. The van der Waals surface area contributed by atoms with Crippen LogP contribution >= 0.6 is 12.2 Å². The minimum absolute atomic E-state index is 0.412. The number of hydrogen-bond donors (Lipinski definition) is 0. The Bertz CT molecular complexity index is 333. The molecule has 0 atom stereocenters. The lowest BCUT2D eigenvalue weighted by atomic mass is 10.2. The summed E-state index contributed by atoms with van der Waals surface area (Å²) in [4.78, 5) is 4.21. The van der Waals surface area contributed by atoms with Crippen LogP contribution in [0.25, 0.3) is 0 Å². The summed E-state index contributed by atoms with van der Waals surface area (Å²) in [6.07, 6.45) is 0. The maximum atomic E-state index is 5.43. The first-order chi connectivity index (χ1) is 7.52. The van der Waals surface area contributed by atoms with Crippen LogP contribution in [0.3, 0.4) is 0 Å². The van der Waals surface area contributed by atoms with Crippen LogP contribution in [0.1, 0.15) is 19.4 Å². The Morgan fingerprint density at radius 2 is 1.75 bits per heavy atom. The van der Waals surface area contributed by atoms with Gasteiger partial charge in [-0.25, -0.2) is 0 Å². The third-order valence-corrected chi connectivity index (χ3v) is 3.05. The predicted octanol–water partition coefficient (Wildman–Crippen LogP) is 2.74. The highest BCUT2D eigenvalue weighted by Gasteiger charge is 2.14. The Labute approximate surface area is 104 Å². The van der Waals surface area contributed by atoms with Gasteiger partial charge >= 0.3 is 0 Å². The van der Waals surface area contributed by atoms with E-state index in [2.05, 4.69) is 43.0 Å². The van der Waals surface area contributed by atoms with Crippen molar-refractivity contribution in [3.8, 4) is 0 Å². The first-order valence-electron chi connectivity index (χ1n) is 5.54. The van der Waals surface area contributed by atoms with E-state index in [9.17, 15) is 0 Å². The molecule has 0 saturated heterocycles. The molecule has 0 heterocycles. The van der Waals surface area contributed by atoms with Gasteiger partial charge < -0.3 is 9.80 Å². The first kappa shape index (κ1) is 13.0. The van der Waals surface area contributed by atoms with E-state index >= 15 is 0 Å². The second kappa shape index (κ2) is 5.85. The number of nitrogens with zero attached hydrogens (tertiary/aromatic N) is 2. The molecule has 0 fully saturated rings. The van der Waals surface area contributed by atoms with Crippen molar-refractivity contribution in [2.45, 2.75) is 26.4 Å². The molecular formula is C13H20N2S. The van der Waals surface area contributed by atoms with Crippen molar-refractivity contribution in [2.75, 3.05) is 14.1 Å². The van der Waals surface area contributed by atoms with E-state index in [0.29, 0.717) is 6.04 Å². The lowest BCUT2D eigenvalue weighted by Gasteiger charge is -2.32. The van der Waals surface area contributed by atoms with Gasteiger partial charge in [0.2, 0.25) is 0 Å². The highest BCUT2D eigenvalue weighted by atomic mass is 32.1. The van der Waals surface area contributed by atoms with Gasteiger partial charge in [-0.1, -0.05) is 30.3 Å². The summed E-state index contributed by atoms with van der Waals surface area (Å²) in [7, 11) is 3.98. The fourth-order valence-electron chi connectivity index (χ4n) is 1.51. The Morgan fingerprint density at radius 3 is 2.19 bits per heavy atom. The van der Waals surface area contributed by atoms with Crippen molar-refractivity contribution in [3.63, 3.8) is 0 Å². The van der Waals surface area contributed by atoms with Crippen LogP contribution < -0.4 is 0 Å². The fourth-order valence-corrected chi connectivity index (χ4v) is 1.78. The van der Waals surface area contributed by atoms with Crippen LogP contribution in [-0.2, 0) is 6.54 Å². The summed E-state index contributed by atoms with van der Waals surface area (Å²) in [6.45, 7) is 5.20. The molecule has 0 aliphatic rings. The lowest BCUT2D eigenvalue weighted by Crippen LogP contribution is -2.42. The number of rotatable bonds is 3. The summed E-state index contributed by atoms with van der Waals surface area (Å²) in [5.41, 5.74) is 1.29. The quantitative estimate of drug-likeness (QED) is 0.745. The summed E-state index contributed by atoms with van der Waals surface area (Å²) < 4.78 is 0. The number of thiocarbonyl (C=S) groups is 1. The molecule has 0 aliphatic carbocycles. The lowest BCUT2D eigenvalue weighted by molar-refractivity contribution is 0.313. The SMILES string of the molecule is CC(C)N(Cc1ccccc1)C(=S)N(C)C. The average Bonchev–Trinajstić information content (AvgIpc) is 2.26. The van der Waals surface area contributed by atoms with E-state index in [4.69, 9.17) is 12.2 Å². The molecule has 0 aromatic heterocycles. The zero-order valence-electron chi connectivity index (χ0n) is 10.5. The number of hydrogen-bond acceptors (Lipinski definition) is 1. The molecule has 1 aromatic carbocycles. The van der Waals surface area contributed by atoms with Crippen molar-refractivity contribution in [1.82, 2.24) is 9.80 Å². The molecule has 2 nitrogen and oxygen atoms in total. The Balaban J connectivity index is 2.77. The summed E-state index contributed by atoms with van der Waals surface area (Å²) in [5, 5.41) is 0.888. The largest absolute Gasteiger partial charge is 0.355 e. The second-order valence-electron chi connectivity index (χ2n) is 4.38. The van der Waals surface area contributed by atoms with E-state index in [-0.39, 0.29) is 0 Å². The van der Waals surface area contributed by atoms with Gasteiger partial charge in [0, 0.05) is 26.7 Å². The van der Waals surface area contributed by atoms with Gasteiger partial charge in [0.15, 0.2) is 5.11 Å². The maximum Gasteiger partial charge on any atom is 0.171 e. The molecule has 0 saturated carbocycles. The van der Waals surface area contributed by atoms with Crippen molar-refractivity contribution in [1.29, 1.82) is 0 Å². The van der Waals surface area contributed by atoms with Crippen molar-refractivity contribution in [3.05, 3.63) is 35.9 Å². The van der Waals surface area contributed by atoms with Gasteiger partial charge in [-0.05, 0) is 31.6 Å². The van der Waals surface area contributed by atoms with Crippen LogP contribution in [0.15, 0.2) is 30.3 Å². The molecule has 0 unspecified atom stereocenters. The Kier molecular flexibility index (Phi) is 4.74. The van der Waals surface area contributed by atoms with Gasteiger partial charge in [-0.3, -0.25) is 0 Å². The van der Waals surface area contributed by atoms with Gasteiger partial charge in [-0.2, -0.15) is 0 Å². The molecule has 1 rings (SSSR count). The molecule has 3 heteroatoms. The van der Waals surface area contributed by atoms with E-state index in [0.717, 1.165) is 11.7 Å². The van der Waals surface area contributed by atoms with Crippen molar-refractivity contribution >= 4 is 17.3 Å². The molecule has 0 spiro atoms. The smallest absolute Gasteiger partial charge is 0.171 e. The van der Waals surface area contributed by atoms with E-state index in [1.165, 1.54) is 5.56 Å². The van der Waals surface area contributed by atoms with Crippen LogP contribution in [0.2, 0.25) is 0 Å². The normalized spacial score (nSPS) is 10.3. The summed E-state index contributed by atoms with van der Waals surface area (Å²) in [6, 6.07) is 10.8. The van der Waals surface area contributed by atoms with Crippen LogP contribution in [0, 0.1) is 0 Å². The van der Waals surface area contributed by atoms with Crippen molar-refractivity contribution < 1.29 is 0 Å². The van der Waals surface area contributed by atoms with Gasteiger partial charge in [0.25, 0.3) is 0 Å². The Morgan fingerprint density at radius 1 is 1.19 bits per heavy atom. The van der Waals surface area contributed by atoms with Gasteiger partial charge in [0.1, 0.15) is 0 Å². The van der Waals surface area contributed by atoms with Crippen LogP contribution in [-0.4, -0.2) is 35.0 Å². The topological polar surface area (TPSA) is 6.48 Å². The number of benzene rings is 1. The Hall–Kier alpha value is -1.09. The van der Waals surface area contributed by atoms with Crippen molar-refractivity contribution in [2.24, 2.45) is 0 Å². The summed E-state index contributed by atoms with van der Waals surface area (Å²) >= 11 is 5.43. The zero-order valence-corrected chi connectivity index (χ0v) is 11.3. The third kappa shape index (κ3) is 3.49. The minimum atomic E-state index is 0.412. The van der Waals surface area contributed by atoms with E-state index in [1.807, 2.05) is 25.1 Å². The van der Waals surface area contributed by atoms with Crippen LogP contribution in [0.4, 0.5) is 0 Å². The van der Waals surface area contributed by atoms with E-state index in [1.54, 1.807) is 0 Å². The summed E-state index contributed by atoms with van der Waals surface area (Å²) in [5.74, 6) is 0. The predicted molar refractivity (Wildman–Crippen MR) is 73.4 cm³/mol. The monoisotopic (exact) mass is 236 g/mol. The fraction of sp³-hybridized carbons (Fsp3) is 0.462. The molecule has 0 bridgehead atoms. The van der Waals surface area contributed by atoms with Gasteiger partial charge in [-0.15, -0.1) is 0 Å². The van der Waals surface area contributed by atoms with Crippen LogP contribution in [0.5, 0.6) is 0 Å². The minimum Gasteiger partial charge on any atom is -0.355 e. The first-order valence-corrected chi connectivity index (χ1v) is 5.95. The molecule has 0 radical (unpaired) electrons. The molecular weight excluding hydrogens is 216 g/mol. The second-order valence-corrected chi connectivity index (χ2v) is 4.75. The third-order valence-electron chi connectivity index (χ3n) is 2.45. The molecule has 0 aliphatic heterocycles. The average molecular weight is 236 g/mol. The molecule has 0 amide bonds. The maximum absolute atomic E-state index is 5.43. The molecule has 88 valence electrons. The van der Waals surface area contributed by atoms with Gasteiger partial charge in [0.05, 0.1) is 0 Å².